The number of non-ortho nitro benzene ring substituents is 1. The van der Waals surface area contributed by atoms with Gasteiger partial charge in [-0.15, -0.1) is 0 Å². The fourth-order valence-corrected chi connectivity index (χ4v) is 3.29. The van der Waals surface area contributed by atoms with Crippen molar-refractivity contribution in [1.82, 2.24) is 4.90 Å². The van der Waals surface area contributed by atoms with Crippen LogP contribution in [-0.4, -0.2) is 49.0 Å². The number of benzene rings is 2. The Morgan fingerprint density at radius 3 is 2.54 bits per heavy atom. The molecule has 28 heavy (non-hydrogen) atoms. The fraction of sp³-hybridized carbons (Fsp3) is 0.316. The highest BCUT2D eigenvalue weighted by atomic mass is 35.5. The van der Waals surface area contributed by atoms with Crippen molar-refractivity contribution in [2.45, 2.75) is 6.92 Å². The summed E-state index contributed by atoms with van der Waals surface area (Å²) in [6.45, 7) is 4.55. The van der Waals surface area contributed by atoms with Crippen LogP contribution >= 0.6 is 11.6 Å². The van der Waals surface area contributed by atoms with Crippen LogP contribution in [-0.2, 0) is 0 Å². The van der Waals surface area contributed by atoms with Crippen LogP contribution in [0.1, 0.15) is 15.9 Å². The van der Waals surface area contributed by atoms with Crippen molar-refractivity contribution in [2.75, 3.05) is 43.4 Å². The number of anilines is 2. The molecule has 3 rings (SSSR count). The van der Waals surface area contributed by atoms with Crippen LogP contribution in [0.5, 0.6) is 0 Å². The number of carbonyl (C=O) groups excluding carboxylic acids is 1. The molecule has 1 aliphatic rings. The number of nitro benzene ring substituents is 1. The second-order valence-corrected chi connectivity index (χ2v) is 7.11. The predicted octanol–water partition coefficient (Wildman–Crippen LogP) is 3.70. The molecule has 1 N–H and O–H groups in total. The van der Waals surface area contributed by atoms with Gasteiger partial charge in [0, 0.05) is 43.9 Å². The van der Waals surface area contributed by atoms with Gasteiger partial charge in [0.25, 0.3) is 11.6 Å². The Morgan fingerprint density at radius 2 is 1.89 bits per heavy atom. The Morgan fingerprint density at radius 1 is 1.21 bits per heavy atom. The molecule has 1 saturated heterocycles. The molecule has 9 heteroatoms. The Labute approximate surface area is 166 Å². The van der Waals surface area contributed by atoms with Crippen LogP contribution in [0.4, 0.5) is 21.5 Å². The van der Waals surface area contributed by atoms with Gasteiger partial charge in [0.1, 0.15) is 5.82 Å². The molecule has 1 amide bonds. The molecule has 148 valence electrons. The van der Waals surface area contributed by atoms with Crippen molar-refractivity contribution in [2.24, 2.45) is 0 Å². The number of nitrogens with zero attached hydrogens (tertiary/aromatic N) is 3. The Bertz CT molecular complexity index is 930. The number of hydrogen-bond acceptors (Lipinski definition) is 5. The number of hydrogen-bond donors (Lipinski definition) is 1. The summed E-state index contributed by atoms with van der Waals surface area (Å²) in [7, 11) is 2.01. The molecule has 7 nitrogen and oxygen atoms in total. The second-order valence-electron chi connectivity index (χ2n) is 6.74. The maximum atomic E-state index is 13.6. The molecule has 1 aliphatic heterocycles. The molecule has 0 atom stereocenters. The van der Waals surface area contributed by atoms with E-state index in [0.29, 0.717) is 18.8 Å². The molecular weight excluding hydrogens is 387 g/mol. The maximum absolute atomic E-state index is 13.6. The number of carbonyl (C=O) groups is 1. The van der Waals surface area contributed by atoms with E-state index in [1.807, 2.05) is 11.9 Å². The molecule has 0 radical (unpaired) electrons. The monoisotopic (exact) mass is 406 g/mol. The smallest absolute Gasteiger partial charge is 0.270 e. The normalized spacial score (nSPS) is 14.8. The lowest BCUT2D eigenvalue weighted by Crippen LogP contribution is -2.45. The summed E-state index contributed by atoms with van der Waals surface area (Å²) in [6, 6.07) is 6.82. The quantitative estimate of drug-likeness (QED) is 0.618. The van der Waals surface area contributed by atoms with Crippen LogP contribution in [0, 0.1) is 22.9 Å². The molecule has 0 spiro atoms. The van der Waals surface area contributed by atoms with Crippen molar-refractivity contribution in [1.29, 1.82) is 0 Å². The molecule has 1 fully saturated rings. The van der Waals surface area contributed by atoms with Crippen LogP contribution in [0.3, 0.4) is 0 Å². The van der Waals surface area contributed by atoms with Gasteiger partial charge in [-0.25, -0.2) is 4.39 Å². The van der Waals surface area contributed by atoms with Crippen molar-refractivity contribution >= 4 is 34.6 Å². The van der Waals surface area contributed by atoms with Crippen LogP contribution in [0.25, 0.3) is 0 Å². The van der Waals surface area contributed by atoms with E-state index < -0.39 is 16.6 Å². The van der Waals surface area contributed by atoms with Gasteiger partial charge < -0.3 is 15.1 Å². The van der Waals surface area contributed by atoms with E-state index in [4.69, 9.17) is 11.6 Å². The van der Waals surface area contributed by atoms with Gasteiger partial charge in [0.05, 0.1) is 26.9 Å². The minimum Gasteiger partial charge on any atom is -0.368 e. The minimum atomic E-state index is -0.542. The Kier molecular flexibility index (Phi) is 5.81. The molecule has 0 aliphatic carbocycles. The van der Waals surface area contributed by atoms with E-state index in [1.165, 1.54) is 31.2 Å². The first-order valence-electron chi connectivity index (χ1n) is 8.76. The largest absolute Gasteiger partial charge is 0.368 e. The van der Waals surface area contributed by atoms with Crippen LogP contribution in [0.2, 0.25) is 5.02 Å². The lowest BCUT2D eigenvalue weighted by Gasteiger charge is -2.34. The fourth-order valence-electron chi connectivity index (χ4n) is 3.09. The molecule has 0 saturated carbocycles. The molecule has 2 aromatic rings. The van der Waals surface area contributed by atoms with E-state index in [0.717, 1.165) is 13.1 Å². The predicted molar refractivity (Wildman–Crippen MR) is 107 cm³/mol. The SMILES string of the molecule is Cc1c(F)ccc(NC(=O)c2cc([N+](=O)[O-])ccc2N2CCN(C)CC2)c1Cl. The van der Waals surface area contributed by atoms with Gasteiger partial charge in [-0.1, -0.05) is 11.6 Å². The number of rotatable bonds is 4. The van der Waals surface area contributed by atoms with Crippen molar-refractivity contribution in [3.63, 3.8) is 0 Å². The first-order chi connectivity index (χ1) is 13.3. The van der Waals surface area contributed by atoms with Gasteiger partial charge >= 0.3 is 0 Å². The highest BCUT2D eigenvalue weighted by Gasteiger charge is 2.23. The molecule has 0 aromatic heterocycles. The summed E-state index contributed by atoms with van der Waals surface area (Å²) in [4.78, 5) is 27.8. The number of nitro groups is 1. The van der Waals surface area contributed by atoms with E-state index >= 15 is 0 Å². The van der Waals surface area contributed by atoms with Gasteiger partial charge in [0.15, 0.2) is 0 Å². The maximum Gasteiger partial charge on any atom is 0.270 e. The average molecular weight is 407 g/mol. The topological polar surface area (TPSA) is 78.7 Å². The molecule has 2 aromatic carbocycles. The summed E-state index contributed by atoms with van der Waals surface area (Å²) in [5.41, 5.74) is 1.09. The number of amides is 1. The van der Waals surface area contributed by atoms with Gasteiger partial charge in [-0.3, -0.25) is 14.9 Å². The zero-order valence-corrected chi connectivity index (χ0v) is 16.3. The van der Waals surface area contributed by atoms with Crippen LogP contribution < -0.4 is 10.2 Å². The molecule has 1 heterocycles. The third-order valence-corrected chi connectivity index (χ3v) is 5.34. The van der Waals surface area contributed by atoms with Gasteiger partial charge in [-0.2, -0.15) is 0 Å². The standard InChI is InChI=1S/C19H20ClFN4O3/c1-12-15(21)4-5-16(18(12)20)22-19(26)14-11-13(25(27)28)3-6-17(14)24-9-7-23(2)8-10-24/h3-6,11H,7-10H2,1-2H3,(H,22,26). The summed E-state index contributed by atoms with van der Waals surface area (Å²) in [5.74, 6) is -1.01. The minimum absolute atomic E-state index is 0.0972. The van der Waals surface area contributed by atoms with E-state index in [9.17, 15) is 19.3 Å². The Hall–Kier alpha value is -2.71. The second kappa shape index (κ2) is 8.12. The van der Waals surface area contributed by atoms with E-state index in [-0.39, 0.29) is 27.5 Å². The number of likely N-dealkylation sites (N-methyl/N-ethyl adjacent to an activating group) is 1. The first kappa shape index (κ1) is 20.0. The molecule has 0 unspecified atom stereocenters. The summed E-state index contributed by atoms with van der Waals surface area (Å²) < 4.78 is 13.6. The van der Waals surface area contributed by atoms with Crippen molar-refractivity contribution in [3.05, 3.63) is 62.4 Å². The van der Waals surface area contributed by atoms with E-state index in [1.54, 1.807) is 6.07 Å². The highest BCUT2D eigenvalue weighted by Crippen LogP contribution is 2.31. The number of piperazine rings is 1. The lowest BCUT2D eigenvalue weighted by atomic mass is 10.1. The highest BCUT2D eigenvalue weighted by molar-refractivity contribution is 6.34. The molecule has 0 bridgehead atoms. The first-order valence-corrected chi connectivity index (χ1v) is 9.13. The lowest BCUT2D eigenvalue weighted by molar-refractivity contribution is -0.384. The number of nitrogens with one attached hydrogen (secondary N) is 1. The van der Waals surface area contributed by atoms with Crippen molar-refractivity contribution < 1.29 is 14.1 Å². The summed E-state index contributed by atoms with van der Waals surface area (Å²) >= 11 is 6.14. The summed E-state index contributed by atoms with van der Waals surface area (Å²) in [5, 5.41) is 13.9. The van der Waals surface area contributed by atoms with Gasteiger partial charge in [-0.05, 0) is 32.2 Å². The third kappa shape index (κ3) is 4.07. The van der Waals surface area contributed by atoms with Gasteiger partial charge in [0.2, 0.25) is 0 Å². The molecular formula is C19H20ClFN4O3. The van der Waals surface area contributed by atoms with Crippen molar-refractivity contribution in [3.8, 4) is 0 Å². The zero-order valence-electron chi connectivity index (χ0n) is 15.5. The average Bonchev–Trinajstić information content (AvgIpc) is 2.68. The third-order valence-electron chi connectivity index (χ3n) is 4.85. The number of halogens is 2. The zero-order chi connectivity index (χ0) is 20.4. The summed E-state index contributed by atoms with van der Waals surface area (Å²) in [6.07, 6.45) is 0. The van der Waals surface area contributed by atoms with E-state index in [2.05, 4.69) is 10.2 Å². The Balaban J connectivity index is 1.96. The van der Waals surface area contributed by atoms with Crippen LogP contribution in [0.15, 0.2) is 30.3 Å².